The molecule has 0 saturated heterocycles. The predicted octanol–water partition coefficient (Wildman–Crippen LogP) is -1.72. The lowest BCUT2D eigenvalue weighted by Gasteiger charge is -2.05. The maximum absolute atomic E-state index is 11.9. The number of nitrogens with one attached hydrogen (secondary N) is 3. The quantitative estimate of drug-likeness (QED) is 0.508. The summed E-state index contributed by atoms with van der Waals surface area (Å²) in [6.45, 7) is -0.862. The fourth-order valence-corrected chi connectivity index (χ4v) is 1.42. The van der Waals surface area contributed by atoms with Gasteiger partial charge in [0.1, 0.15) is 18.4 Å². The Kier molecular flexibility index (Phi) is 3.84. The largest absolute Gasteiger partial charge is 0.480 e. The van der Waals surface area contributed by atoms with Crippen LogP contribution in [0.3, 0.4) is 0 Å². The summed E-state index contributed by atoms with van der Waals surface area (Å²) in [4.78, 5) is 47.6. The highest BCUT2D eigenvalue weighted by atomic mass is 16.4. The lowest BCUT2D eigenvalue weighted by atomic mass is 10.3. The minimum absolute atomic E-state index is 0.0542. The Morgan fingerprint density at radius 1 is 1.15 bits per heavy atom. The third-order valence-electron chi connectivity index (χ3n) is 2.28. The van der Waals surface area contributed by atoms with Crippen LogP contribution < -0.4 is 10.6 Å². The van der Waals surface area contributed by atoms with Crippen molar-refractivity contribution >= 4 is 28.9 Å². The minimum atomic E-state index is -1.17. The van der Waals surface area contributed by atoms with Crippen LogP contribution in [0.4, 0.5) is 0 Å². The van der Waals surface area contributed by atoms with Gasteiger partial charge in [-0.05, 0) is 0 Å². The molecule has 2 aromatic rings. The fourth-order valence-electron chi connectivity index (χ4n) is 1.42. The van der Waals surface area contributed by atoms with Gasteiger partial charge in [-0.2, -0.15) is 0 Å². The Labute approximate surface area is 111 Å². The van der Waals surface area contributed by atoms with Crippen molar-refractivity contribution in [1.29, 1.82) is 0 Å². The lowest BCUT2D eigenvalue weighted by molar-refractivity contribution is -0.137. The zero-order valence-electron chi connectivity index (χ0n) is 10.1. The molecule has 0 fully saturated rings. The first-order chi connectivity index (χ1) is 9.58. The van der Waals surface area contributed by atoms with Gasteiger partial charge in [-0.25, -0.2) is 15.0 Å². The third kappa shape index (κ3) is 3.04. The second kappa shape index (κ2) is 5.73. The summed E-state index contributed by atoms with van der Waals surface area (Å²) >= 11 is 0. The van der Waals surface area contributed by atoms with E-state index in [1.807, 2.05) is 0 Å². The molecular weight excluding hydrogens is 268 g/mol. The first-order valence-corrected chi connectivity index (χ1v) is 5.48. The molecule has 10 nitrogen and oxygen atoms in total. The fraction of sp³-hybridized carbons (Fsp3) is 0.200. The van der Waals surface area contributed by atoms with Gasteiger partial charge in [0.15, 0.2) is 11.3 Å². The van der Waals surface area contributed by atoms with E-state index in [9.17, 15) is 14.4 Å². The number of imidazole rings is 1. The number of H-pyrrole nitrogens is 1. The molecule has 2 heterocycles. The first-order valence-electron chi connectivity index (χ1n) is 5.48. The molecule has 2 rings (SSSR count). The molecule has 0 unspecified atom stereocenters. The minimum Gasteiger partial charge on any atom is -0.480 e. The second-order valence-corrected chi connectivity index (χ2v) is 3.68. The number of amides is 2. The van der Waals surface area contributed by atoms with Crippen molar-refractivity contribution in [3.63, 3.8) is 0 Å². The molecule has 4 N–H and O–H groups in total. The van der Waals surface area contributed by atoms with Gasteiger partial charge >= 0.3 is 5.97 Å². The molecule has 2 amide bonds. The van der Waals surface area contributed by atoms with E-state index in [1.165, 1.54) is 12.7 Å². The van der Waals surface area contributed by atoms with Crippen LogP contribution in [0, 0.1) is 0 Å². The van der Waals surface area contributed by atoms with Crippen molar-refractivity contribution in [2.45, 2.75) is 0 Å². The SMILES string of the molecule is O=C(O)CNC(=O)CNC(=O)c1ncnc2nc[nH]c12. The van der Waals surface area contributed by atoms with Crippen molar-refractivity contribution in [2.75, 3.05) is 13.1 Å². The maximum atomic E-state index is 11.9. The van der Waals surface area contributed by atoms with Crippen molar-refractivity contribution in [3.8, 4) is 0 Å². The molecule has 104 valence electrons. The van der Waals surface area contributed by atoms with E-state index in [-0.39, 0.29) is 12.2 Å². The van der Waals surface area contributed by atoms with Gasteiger partial charge in [0.25, 0.3) is 5.91 Å². The molecule has 0 atom stereocenters. The number of aromatic nitrogens is 4. The maximum Gasteiger partial charge on any atom is 0.322 e. The number of carboxylic acids is 1. The highest BCUT2D eigenvalue weighted by Crippen LogP contribution is 2.08. The van der Waals surface area contributed by atoms with E-state index < -0.39 is 24.3 Å². The number of nitrogens with zero attached hydrogens (tertiary/aromatic N) is 3. The molecule has 0 radical (unpaired) electrons. The van der Waals surface area contributed by atoms with E-state index in [0.717, 1.165) is 0 Å². The van der Waals surface area contributed by atoms with Crippen molar-refractivity contribution in [1.82, 2.24) is 30.6 Å². The van der Waals surface area contributed by atoms with Crippen molar-refractivity contribution in [2.24, 2.45) is 0 Å². The number of hydrogen-bond donors (Lipinski definition) is 4. The Hall–Kier alpha value is -3.04. The Morgan fingerprint density at radius 2 is 1.95 bits per heavy atom. The van der Waals surface area contributed by atoms with Gasteiger partial charge < -0.3 is 20.7 Å². The van der Waals surface area contributed by atoms with Crippen LogP contribution in [-0.4, -0.2) is 55.9 Å². The van der Waals surface area contributed by atoms with Crippen LogP contribution in [0.25, 0.3) is 11.2 Å². The van der Waals surface area contributed by atoms with Crippen LogP contribution >= 0.6 is 0 Å². The highest BCUT2D eigenvalue weighted by Gasteiger charge is 2.15. The number of aliphatic carboxylic acids is 1. The van der Waals surface area contributed by atoms with Crippen molar-refractivity contribution in [3.05, 3.63) is 18.3 Å². The number of hydrogen-bond acceptors (Lipinski definition) is 6. The Morgan fingerprint density at radius 3 is 2.70 bits per heavy atom. The molecule has 0 aliphatic heterocycles. The topological polar surface area (TPSA) is 150 Å². The van der Waals surface area contributed by atoms with Crippen LogP contribution in [0.15, 0.2) is 12.7 Å². The number of fused-ring (bicyclic) bond motifs is 1. The smallest absolute Gasteiger partial charge is 0.322 e. The normalized spacial score (nSPS) is 10.2. The summed E-state index contributed by atoms with van der Waals surface area (Å²) in [5.74, 6) is -2.37. The molecule has 10 heteroatoms. The van der Waals surface area contributed by atoms with E-state index in [1.54, 1.807) is 0 Å². The molecule has 2 aromatic heterocycles. The Bertz CT molecular complexity index is 667. The molecule has 0 bridgehead atoms. The van der Waals surface area contributed by atoms with Gasteiger partial charge in [-0.15, -0.1) is 0 Å². The number of carbonyl (C=O) groups excluding carboxylic acids is 2. The molecule has 20 heavy (non-hydrogen) atoms. The van der Waals surface area contributed by atoms with E-state index >= 15 is 0 Å². The summed E-state index contributed by atoms with van der Waals surface area (Å²) < 4.78 is 0. The average molecular weight is 278 g/mol. The lowest BCUT2D eigenvalue weighted by Crippen LogP contribution is -2.39. The highest BCUT2D eigenvalue weighted by molar-refractivity contribution is 6.03. The van der Waals surface area contributed by atoms with E-state index in [0.29, 0.717) is 11.2 Å². The molecule has 0 saturated carbocycles. The summed E-state index contributed by atoms with van der Waals surface area (Å²) in [6.07, 6.45) is 2.55. The summed E-state index contributed by atoms with van der Waals surface area (Å²) in [5, 5.41) is 12.8. The molecule has 0 aromatic carbocycles. The zero-order valence-corrected chi connectivity index (χ0v) is 10.1. The van der Waals surface area contributed by atoms with Crippen LogP contribution in [0.5, 0.6) is 0 Å². The van der Waals surface area contributed by atoms with Crippen LogP contribution in [0.2, 0.25) is 0 Å². The van der Waals surface area contributed by atoms with Gasteiger partial charge in [-0.3, -0.25) is 14.4 Å². The van der Waals surface area contributed by atoms with Gasteiger partial charge in [0, 0.05) is 0 Å². The van der Waals surface area contributed by atoms with E-state index in [4.69, 9.17) is 5.11 Å². The van der Waals surface area contributed by atoms with Gasteiger partial charge in [-0.1, -0.05) is 0 Å². The van der Waals surface area contributed by atoms with Crippen LogP contribution in [-0.2, 0) is 9.59 Å². The Balaban J connectivity index is 1.97. The summed E-state index contributed by atoms with van der Waals surface area (Å²) in [6, 6.07) is 0. The molecule has 0 aliphatic carbocycles. The second-order valence-electron chi connectivity index (χ2n) is 3.68. The molecule has 0 aliphatic rings. The van der Waals surface area contributed by atoms with Gasteiger partial charge in [0.05, 0.1) is 12.9 Å². The van der Waals surface area contributed by atoms with Crippen molar-refractivity contribution < 1.29 is 19.5 Å². The zero-order chi connectivity index (χ0) is 14.5. The van der Waals surface area contributed by atoms with Gasteiger partial charge in [0.2, 0.25) is 5.91 Å². The summed E-state index contributed by atoms with van der Waals surface area (Å²) in [5.41, 5.74) is 0.745. The van der Waals surface area contributed by atoms with E-state index in [2.05, 4.69) is 30.6 Å². The average Bonchev–Trinajstić information content (AvgIpc) is 2.90. The number of carbonyl (C=O) groups is 3. The standard InChI is InChI=1S/C10H10N6O4/c17-5(11-2-6(18)19)1-12-10(20)8-7-9(15-3-13-7)16-4-14-8/h3-4H,1-2H2,(H,11,17)(H,12,20)(H,18,19)(H,13,14,15,16). The number of carboxylic acid groups (broad SMARTS) is 1. The number of rotatable bonds is 5. The molecular formula is C10H10N6O4. The molecule has 0 spiro atoms. The van der Waals surface area contributed by atoms with Crippen LogP contribution in [0.1, 0.15) is 10.5 Å². The number of aromatic amines is 1. The summed E-state index contributed by atoms with van der Waals surface area (Å²) in [7, 11) is 0. The predicted molar refractivity (Wildman–Crippen MR) is 64.7 cm³/mol. The monoisotopic (exact) mass is 278 g/mol. The third-order valence-corrected chi connectivity index (χ3v) is 2.28. The first kappa shape index (κ1) is 13.4.